The van der Waals surface area contributed by atoms with Crippen molar-refractivity contribution in [3.8, 4) is 11.1 Å². The highest BCUT2D eigenvalue weighted by Gasteiger charge is 2.31. The van der Waals surface area contributed by atoms with Crippen LogP contribution in [0.15, 0.2) is 66.9 Å². The van der Waals surface area contributed by atoms with Crippen LogP contribution in [0.2, 0.25) is 5.02 Å². The average Bonchev–Trinajstić information content (AvgIpc) is 2.81. The number of sulfonamides is 1. The maximum absolute atomic E-state index is 13.1. The summed E-state index contributed by atoms with van der Waals surface area (Å²) in [5, 5.41) is 6.02. The number of aromatic nitrogens is 1. The van der Waals surface area contributed by atoms with Crippen molar-refractivity contribution in [2.45, 2.75) is 18.9 Å². The highest BCUT2D eigenvalue weighted by atomic mass is 35.5. The van der Waals surface area contributed by atoms with E-state index in [0.717, 1.165) is 18.2 Å². The summed E-state index contributed by atoms with van der Waals surface area (Å²) in [6, 6.07) is 16.2. The second-order valence-electron chi connectivity index (χ2n) is 8.11. The average molecular weight is 514 g/mol. The molecule has 9 nitrogen and oxygen atoms in total. The summed E-state index contributed by atoms with van der Waals surface area (Å²) < 4.78 is 25.8. The van der Waals surface area contributed by atoms with E-state index < -0.39 is 22.1 Å². The molecule has 2 aromatic carbocycles. The molecule has 1 aliphatic rings. The lowest BCUT2D eigenvalue weighted by Gasteiger charge is -2.32. The summed E-state index contributed by atoms with van der Waals surface area (Å²) in [4.78, 5) is 31.3. The fourth-order valence-electron chi connectivity index (χ4n) is 3.84. The fraction of sp³-hybridized carbons (Fsp3) is 0.208. The molecule has 1 fully saturated rings. The van der Waals surface area contributed by atoms with Crippen molar-refractivity contribution in [2.24, 2.45) is 0 Å². The van der Waals surface area contributed by atoms with Crippen molar-refractivity contribution in [1.29, 1.82) is 0 Å². The molecule has 0 radical (unpaired) electrons. The Hall–Kier alpha value is -3.63. The Morgan fingerprint density at radius 1 is 1.09 bits per heavy atom. The van der Waals surface area contributed by atoms with Gasteiger partial charge in [0.1, 0.15) is 11.9 Å². The number of nitrogens with zero attached hydrogens (tertiary/aromatic N) is 2. The van der Waals surface area contributed by atoms with E-state index >= 15 is 0 Å². The van der Waals surface area contributed by atoms with Crippen molar-refractivity contribution in [1.82, 2.24) is 10.3 Å². The summed E-state index contributed by atoms with van der Waals surface area (Å²) in [5.41, 5.74) is 2.62. The van der Waals surface area contributed by atoms with Gasteiger partial charge in [0.2, 0.25) is 15.9 Å². The molecule has 182 valence electrons. The maximum atomic E-state index is 13.1. The van der Waals surface area contributed by atoms with Gasteiger partial charge in [0.15, 0.2) is 0 Å². The zero-order valence-corrected chi connectivity index (χ0v) is 20.4. The quantitative estimate of drug-likeness (QED) is 0.458. The summed E-state index contributed by atoms with van der Waals surface area (Å²) in [7, 11) is -3.49. The first-order chi connectivity index (χ1) is 16.7. The van der Waals surface area contributed by atoms with E-state index in [1.54, 1.807) is 65.6 Å². The Labute approximate surface area is 208 Å². The number of hydrogen-bond acceptors (Lipinski definition) is 5. The van der Waals surface area contributed by atoms with Crippen molar-refractivity contribution < 1.29 is 18.0 Å². The first-order valence-corrected chi connectivity index (χ1v) is 13.1. The van der Waals surface area contributed by atoms with E-state index in [2.05, 4.69) is 20.3 Å². The highest BCUT2D eigenvalue weighted by molar-refractivity contribution is 7.92. The van der Waals surface area contributed by atoms with E-state index in [-0.39, 0.29) is 11.7 Å². The summed E-state index contributed by atoms with van der Waals surface area (Å²) >= 11 is 5.87. The largest absolute Gasteiger partial charge is 0.326 e. The Bertz CT molecular complexity index is 1330. The van der Waals surface area contributed by atoms with E-state index in [9.17, 15) is 18.0 Å². The van der Waals surface area contributed by atoms with Gasteiger partial charge in [-0.3, -0.25) is 9.52 Å². The van der Waals surface area contributed by atoms with Crippen LogP contribution in [0.5, 0.6) is 0 Å². The first-order valence-electron chi connectivity index (χ1n) is 10.9. The predicted octanol–water partition coefficient (Wildman–Crippen LogP) is 4.09. The standard InChI is InChI=1S/C24H24ClN5O4S/c1-35(33,34)29-22-20(4-2-14-26-22)16-6-12-19(13-7-16)30-15-3-5-21(23(30)31)28-24(32)27-18-10-8-17(25)9-11-18/h2,4,6-14,21H,3,5,15H2,1H3,(H,26,29)(H2,27,28,32)/t21-/m1/s1. The molecule has 1 aliphatic heterocycles. The van der Waals surface area contributed by atoms with Gasteiger partial charge in [-0.25, -0.2) is 18.2 Å². The van der Waals surface area contributed by atoms with Gasteiger partial charge in [0.25, 0.3) is 0 Å². The molecule has 0 unspecified atom stereocenters. The van der Waals surface area contributed by atoms with Crippen LogP contribution in [0.3, 0.4) is 0 Å². The number of carbonyl (C=O) groups excluding carboxylic acids is 2. The van der Waals surface area contributed by atoms with E-state index in [1.807, 2.05) is 0 Å². The van der Waals surface area contributed by atoms with Gasteiger partial charge >= 0.3 is 6.03 Å². The molecule has 1 saturated heterocycles. The Morgan fingerprint density at radius 2 is 1.80 bits per heavy atom. The summed E-state index contributed by atoms with van der Waals surface area (Å²) in [6.45, 7) is 0.531. The lowest BCUT2D eigenvalue weighted by atomic mass is 10.0. The smallest absolute Gasteiger partial charge is 0.319 e. The van der Waals surface area contributed by atoms with E-state index in [1.165, 1.54) is 6.20 Å². The Kier molecular flexibility index (Phi) is 7.23. The minimum Gasteiger partial charge on any atom is -0.326 e. The minimum atomic E-state index is -3.49. The van der Waals surface area contributed by atoms with Crippen LogP contribution in [-0.2, 0) is 14.8 Å². The topological polar surface area (TPSA) is 120 Å². The maximum Gasteiger partial charge on any atom is 0.319 e. The summed E-state index contributed by atoms with van der Waals surface area (Å²) in [5.74, 6) is 0.0313. The van der Waals surface area contributed by atoms with Crippen LogP contribution in [0.4, 0.5) is 22.0 Å². The minimum absolute atomic E-state index is 0.198. The zero-order chi connectivity index (χ0) is 25.0. The number of amides is 3. The van der Waals surface area contributed by atoms with Crippen LogP contribution in [0, 0.1) is 0 Å². The molecule has 1 atom stereocenters. The third-order valence-corrected chi connectivity index (χ3v) is 6.24. The third kappa shape index (κ3) is 6.28. The number of benzene rings is 2. The number of rotatable bonds is 6. The highest BCUT2D eigenvalue weighted by Crippen LogP contribution is 2.29. The number of nitrogens with one attached hydrogen (secondary N) is 3. The monoisotopic (exact) mass is 513 g/mol. The van der Waals surface area contributed by atoms with Gasteiger partial charge in [-0.1, -0.05) is 23.7 Å². The van der Waals surface area contributed by atoms with Gasteiger partial charge < -0.3 is 15.5 Å². The van der Waals surface area contributed by atoms with E-state index in [4.69, 9.17) is 11.6 Å². The summed E-state index contributed by atoms with van der Waals surface area (Å²) in [6.07, 6.45) is 3.84. The van der Waals surface area contributed by atoms with E-state index in [0.29, 0.717) is 34.9 Å². The molecule has 1 aromatic heterocycles. The van der Waals surface area contributed by atoms with Gasteiger partial charge in [-0.15, -0.1) is 0 Å². The molecule has 2 heterocycles. The molecular formula is C24H24ClN5O4S. The number of pyridine rings is 1. The number of carbonyl (C=O) groups is 2. The molecule has 0 bridgehead atoms. The predicted molar refractivity (Wildman–Crippen MR) is 137 cm³/mol. The van der Waals surface area contributed by atoms with Crippen molar-refractivity contribution in [3.63, 3.8) is 0 Å². The number of anilines is 3. The van der Waals surface area contributed by atoms with Crippen LogP contribution in [0.1, 0.15) is 12.8 Å². The lowest BCUT2D eigenvalue weighted by molar-refractivity contribution is -0.121. The molecule has 3 N–H and O–H groups in total. The molecule has 0 saturated carbocycles. The molecule has 0 aliphatic carbocycles. The number of halogens is 1. The SMILES string of the molecule is CS(=O)(=O)Nc1ncccc1-c1ccc(N2CCC[C@@H](NC(=O)Nc3ccc(Cl)cc3)C2=O)cc1. The number of piperidine rings is 1. The Balaban J connectivity index is 1.45. The number of hydrogen-bond donors (Lipinski definition) is 3. The normalized spacial score (nSPS) is 16.0. The second-order valence-corrected chi connectivity index (χ2v) is 10.3. The van der Waals surface area contributed by atoms with Crippen molar-refractivity contribution >= 4 is 50.8 Å². The molecule has 11 heteroatoms. The fourth-order valence-corrected chi connectivity index (χ4v) is 4.48. The van der Waals surface area contributed by atoms with Crippen LogP contribution in [0.25, 0.3) is 11.1 Å². The van der Waals surface area contributed by atoms with Crippen LogP contribution >= 0.6 is 11.6 Å². The number of urea groups is 1. The molecule has 35 heavy (non-hydrogen) atoms. The van der Waals surface area contributed by atoms with Gasteiger partial charge in [0, 0.05) is 34.7 Å². The van der Waals surface area contributed by atoms with Crippen LogP contribution < -0.4 is 20.3 Å². The molecule has 0 spiro atoms. The van der Waals surface area contributed by atoms with Gasteiger partial charge in [-0.05, 0) is 66.9 Å². The molecular weight excluding hydrogens is 490 g/mol. The zero-order valence-electron chi connectivity index (χ0n) is 18.9. The first kappa shape index (κ1) is 24.5. The van der Waals surface area contributed by atoms with Gasteiger partial charge in [0.05, 0.1) is 6.26 Å². The second kappa shape index (κ2) is 10.3. The lowest BCUT2D eigenvalue weighted by Crippen LogP contribution is -2.53. The molecule has 3 aromatic rings. The molecule has 3 amide bonds. The van der Waals surface area contributed by atoms with Crippen molar-refractivity contribution in [2.75, 3.05) is 27.7 Å². The molecule has 4 rings (SSSR count). The van der Waals surface area contributed by atoms with Crippen molar-refractivity contribution in [3.05, 3.63) is 71.9 Å². The van der Waals surface area contributed by atoms with Crippen LogP contribution in [-0.4, -0.2) is 44.2 Å². The van der Waals surface area contributed by atoms with Gasteiger partial charge in [-0.2, -0.15) is 0 Å². The Morgan fingerprint density at radius 3 is 2.49 bits per heavy atom. The third-order valence-electron chi connectivity index (χ3n) is 5.43.